The van der Waals surface area contributed by atoms with Crippen LogP contribution in [0.3, 0.4) is 0 Å². The normalized spacial score (nSPS) is 13.0. The van der Waals surface area contributed by atoms with Crippen LogP contribution in [0.4, 0.5) is 0 Å². The van der Waals surface area contributed by atoms with Gasteiger partial charge in [-0.05, 0) is 39.7 Å². The summed E-state index contributed by atoms with van der Waals surface area (Å²) in [4.78, 5) is 10.4. The lowest BCUT2D eigenvalue weighted by molar-refractivity contribution is 1.02. The van der Waals surface area contributed by atoms with Crippen LogP contribution in [0.2, 0.25) is 0 Å². The van der Waals surface area contributed by atoms with E-state index in [4.69, 9.17) is 14.1 Å². The zero-order valence-electron chi connectivity index (χ0n) is 26.3. The quantitative estimate of drug-likeness (QED) is 0.204. The summed E-state index contributed by atoms with van der Waals surface area (Å²) in [7, 11) is 0. The lowest BCUT2D eigenvalue weighted by Crippen LogP contribution is -2.03. The molecule has 0 aliphatic heterocycles. The predicted molar refractivity (Wildman–Crippen MR) is 187 cm³/mol. The molecule has 0 aliphatic rings. The second-order valence-corrected chi connectivity index (χ2v) is 12.1. The molecule has 4 heteroatoms. The van der Waals surface area contributed by atoms with Gasteiger partial charge in [-0.25, -0.2) is 9.97 Å². The second kappa shape index (κ2) is 8.96. The van der Waals surface area contributed by atoms with Crippen LogP contribution in [-0.4, -0.2) is 14.5 Å². The molecule has 0 spiro atoms. The molecule has 0 saturated carbocycles. The number of benzene rings is 7. The van der Waals surface area contributed by atoms with Crippen LogP contribution in [0.15, 0.2) is 139 Å². The minimum Gasteiger partial charge on any atom is -0.276 e. The van der Waals surface area contributed by atoms with Gasteiger partial charge in [0.15, 0.2) is 0 Å². The van der Waals surface area contributed by atoms with Gasteiger partial charge >= 0.3 is 0 Å². The van der Waals surface area contributed by atoms with Gasteiger partial charge in [-0.15, -0.1) is 11.3 Å². The molecule has 0 saturated heterocycles. The third-order valence-electron chi connectivity index (χ3n) is 8.76. The highest BCUT2D eigenvalue weighted by molar-refractivity contribution is 7.27. The third-order valence-corrected chi connectivity index (χ3v) is 9.94. The van der Waals surface area contributed by atoms with Crippen molar-refractivity contribution in [3.05, 3.63) is 139 Å². The Morgan fingerprint density at radius 1 is 0.568 bits per heavy atom. The molecular formula is C40H23N3S. The Hall–Kier alpha value is -5.58. The van der Waals surface area contributed by atoms with Crippen molar-refractivity contribution in [1.29, 1.82) is 0 Å². The van der Waals surface area contributed by atoms with Gasteiger partial charge in [0.05, 0.1) is 31.1 Å². The van der Waals surface area contributed by atoms with Gasteiger partial charge < -0.3 is 0 Å². The van der Waals surface area contributed by atoms with Crippen LogP contribution in [-0.2, 0) is 0 Å². The molecule has 7 aromatic carbocycles. The summed E-state index contributed by atoms with van der Waals surface area (Å²) in [5.74, 6) is 0.483. The first-order valence-corrected chi connectivity index (χ1v) is 15.4. The van der Waals surface area contributed by atoms with Gasteiger partial charge in [-0.3, -0.25) is 4.57 Å². The maximum Gasteiger partial charge on any atom is 0.235 e. The average molecular weight is 581 g/mol. The zero-order chi connectivity index (χ0) is 31.4. The fraction of sp³-hybridized carbons (Fsp3) is 0. The first-order chi connectivity index (χ1) is 23.1. The Bertz CT molecular complexity index is 2940. The van der Waals surface area contributed by atoms with Crippen molar-refractivity contribution in [2.75, 3.05) is 0 Å². The van der Waals surface area contributed by atoms with E-state index < -0.39 is 0 Å². The molecule has 3 nitrogen and oxygen atoms in total. The maximum atomic E-state index is 8.82. The summed E-state index contributed by atoms with van der Waals surface area (Å²) in [6.07, 6.45) is 0. The fourth-order valence-corrected chi connectivity index (χ4v) is 8.20. The number of fused-ring (bicyclic) bond motifs is 13. The second-order valence-electron chi connectivity index (χ2n) is 11.1. The zero-order valence-corrected chi connectivity index (χ0v) is 24.1. The molecule has 10 rings (SSSR count). The lowest BCUT2D eigenvalue weighted by atomic mass is 9.97. The van der Waals surface area contributed by atoms with Crippen molar-refractivity contribution < 1.29 is 4.11 Å². The molecule has 0 atom stereocenters. The molecule has 3 aromatic heterocycles. The average Bonchev–Trinajstić information content (AvgIpc) is 3.65. The molecular weight excluding hydrogens is 555 g/mol. The van der Waals surface area contributed by atoms with Gasteiger partial charge in [0.2, 0.25) is 5.95 Å². The van der Waals surface area contributed by atoms with Gasteiger partial charge in [-0.1, -0.05) is 121 Å². The van der Waals surface area contributed by atoms with E-state index in [9.17, 15) is 0 Å². The smallest absolute Gasteiger partial charge is 0.235 e. The molecule has 0 fully saturated rings. The molecule has 0 radical (unpaired) electrons. The fourth-order valence-electron chi connectivity index (χ4n) is 6.95. The number of aromatic nitrogens is 3. The molecule has 44 heavy (non-hydrogen) atoms. The van der Waals surface area contributed by atoms with Crippen molar-refractivity contribution in [2.45, 2.75) is 0 Å². The van der Waals surface area contributed by atoms with Gasteiger partial charge in [0.1, 0.15) is 0 Å². The topological polar surface area (TPSA) is 30.7 Å². The summed E-state index contributed by atoms with van der Waals surface area (Å²) >= 11 is 1.79. The van der Waals surface area contributed by atoms with Crippen molar-refractivity contribution in [3.63, 3.8) is 0 Å². The SMILES string of the molecule is [2H]c1cc([2H])c(-c2nc(-n3c4ccc5ccccc5c4c4c5ccccc5c5c6ccccc6sc5c43)nc3ccccc23)c([2H])c1. The largest absolute Gasteiger partial charge is 0.276 e. The molecule has 0 N–H and O–H groups in total. The van der Waals surface area contributed by atoms with Gasteiger partial charge in [0, 0.05) is 37.2 Å². The van der Waals surface area contributed by atoms with E-state index in [1.165, 1.54) is 43.1 Å². The minimum absolute atomic E-state index is 0.100. The predicted octanol–water partition coefficient (Wildman–Crippen LogP) is 11.1. The first kappa shape index (κ1) is 21.2. The van der Waals surface area contributed by atoms with Crippen molar-refractivity contribution in [3.8, 4) is 17.2 Å². The summed E-state index contributed by atoms with van der Waals surface area (Å²) in [5.41, 5.74) is 3.68. The van der Waals surface area contributed by atoms with E-state index in [0.29, 0.717) is 17.2 Å². The van der Waals surface area contributed by atoms with E-state index in [0.717, 1.165) is 43.5 Å². The van der Waals surface area contributed by atoms with Crippen LogP contribution in [0.25, 0.3) is 91.6 Å². The van der Waals surface area contributed by atoms with Crippen molar-refractivity contribution in [2.24, 2.45) is 0 Å². The lowest BCUT2D eigenvalue weighted by Gasteiger charge is -2.12. The summed E-state index contributed by atoms with van der Waals surface area (Å²) < 4.78 is 30.3. The van der Waals surface area contributed by atoms with E-state index >= 15 is 0 Å². The first-order valence-electron chi connectivity index (χ1n) is 16.1. The Morgan fingerprint density at radius 3 is 2.09 bits per heavy atom. The number of hydrogen-bond donors (Lipinski definition) is 0. The van der Waals surface area contributed by atoms with E-state index in [2.05, 4.69) is 89.5 Å². The standard InChI is InChI=1S/C40H23N3S/c1-2-13-25(14-3-1)37-29-18-8-10-20-31(29)41-40(42-37)43-32-23-22-24-12-4-5-15-26(24)35(32)36-28-17-7-6-16-27(28)34-30-19-9-11-21-33(30)44-39(34)38(36)43/h1-23H/i1D,13D,14D. The highest BCUT2D eigenvalue weighted by atomic mass is 32.1. The molecule has 3 heterocycles. The number of hydrogen-bond acceptors (Lipinski definition) is 3. The Labute approximate surface area is 260 Å². The van der Waals surface area contributed by atoms with Gasteiger partial charge in [0.25, 0.3) is 0 Å². The molecule has 0 amide bonds. The van der Waals surface area contributed by atoms with Crippen molar-refractivity contribution in [1.82, 2.24) is 14.5 Å². The summed E-state index contributed by atoms with van der Waals surface area (Å²) in [6, 6.07) is 41.2. The number of rotatable bonds is 2. The number of thiophene rings is 1. The van der Waals surface area contributed by atoms with E-state index in [-0.39, 0.29) is 18.1 Å². The van der Waals surface area contributed by atoms with Crippen LogP contribution in [0.5, 0.6) is 0 Å². The third kappa shape index (κ3) is 3.20. The van der Waals surface area contributed by atoms with Crippen LogP contribution < -0.4 is 0 Å². The Morgan fingerprint density at radius 2 is 1.25 bits per heavy atom. The molecule has 0 unspecified atom stereocenters. The number of para-hydroxylation sites is 1. The highest BCUT2D eigenvalue weighted by Crippen LogP contribution is 2.49. The Kier molecular flexibility index (Phi) is 4.31. The molecule has 10 aromatic rings. The Balaban J connectivity index is 1.48. The van der Waals surface area contributed by atoms with Gasteiger partial charge in [-0.2, -0.15) is 0 Å². The summed E-state index contributed by atoms with van der Waals surface area (Å²) in [6.45, 7) is 0. The molecule has 0 bridgehead atoms. The monoisotopic (exact) mass is 580 g/mol. The van der Waals surface area contributed by atoms with E-state index in [1.807, 2.05) is 24.3 Å². The molecule has 204 valence electrons. The minimum atomic E-state index is 0.100. The van der Waals surface area contributed by atoms with Crippen molar-refractivity contribution >= 4 is 85.8 Å². The van der Waals surface area contributed by atoms with Crippen LogP contribution >= 0.6 is 11.3 Å². The maximum absolute atomic E-state index is 8.82. The molecule has 0 aliphatic carbocycles. The van der Waals surface area contributed by atoms with Crippen LogP contribution in [0, 0.1) is 0 Å². The number of nitrogens with zero attached hydrogens (tertiary/aromatic N) is 3. The van der Waals surface area contributed by atoms with E-state index in [1.54, 1.807) is 11.3 Å². The highest BCUT2D eigenvalue weighted by Gasteiger charge is 2.24. The van der Waals surface area contributed by atoms with Crippen LogP contribution in [0.1, 0.15) is 4.11 Å². The summed E-state index contributed by atoms with van der Waals surface area (Å²) in [5, 5.41) is 10.2.